The van der Waals surface area contributed by atoms with Crippen molar-refractivity contribution in [1.82, 2.24) is 5.32 Å². The summed E-state index contributed by atoms with van der Waals surface area (Å²) in [5.41, 5.74) is 1.21. The summed E-state index contributed by atoms with van der Waals surface area (Å²) in [6.07, 6.45) is 0. The molecule has 3 aromatic rings. The first-order chi connectivity index (χ1) is 12.4. The molecule has 1 amide bonds. The third kappa shape index (κ3) is 4.23. The first kappa shape index (κ1) is 18.4. The van der Waals surface area contributed by atoms with Crippen LogP contribution in [0.15, 0.2) is 52.9 Å². The van der Waals surface area contributed by atoms with E-state index in [0.29, 0.717) is 22.9 Å². The Hall–Kier alpha value is -2.37. The van der Waals surface area contributed by atoms with Gasteiger partial charge in [-0.15, -0.1) is 0 Å². The number of hydrogen-bond donors (Lipinski definition) is 2. The molecule has 0 fully saturated rings. The molecule has 0 aliphatic carbocycles. The maximum Gasteiger partial charge on any atom is 0.275 e. The molecule has 0 saturated carbocycles. The van der Waals surface area contributed by atoms with Crippen LogP contribution in [0.3, 0.4) is 0 Å². The first-order valence-electron chi connectivity index (χ1n) is 8.46. The average Bonchev–Trinajstić information content (AvgIpc) is 3.02. The standard InChI is InChI=1S/C20H20ClFN2O2/c1-13(19-10-14-6-3-4-9-18(14)26-19)23-20(25)12-24(2)11-15-16(21)7-5-8-17(15)22/h3-10,13H,11-12H2,1-2H3,(H,23,25)/p+1/t13-/m0/s1. The molecule has 0 bridgehead atoms. The molecular formula is C20H21ClFN2O2+. The zero-order valence-corrected chi connectivity index (χ0v) is 15.4. The Morgan fingerprint density at radius 3 is 2.77 bits per heavy atom. The van der Waals surface area contributed by atoms with Crippen molar-refractivity contribution < 1.29 is 18.5 Å². The van der Waals surface area contributed by atoms with E-state index >= 15 is 0 Å². The number of nitrogens with one attached hydrogen (secondary N) is 2. The summed E-state index contributed by atoms with van der Waals surface area (Å²) in [4.78, 5) is 13.2. The molecule has 0 spiro atoms. The molecule has 1 aromatic heterocycles. The highest BCUT2D eigenvalue weighted by Gasteiger charge is 2.18. The van der Waals surface area contributed by atoms with Gasteiger partial charge in [0.2, 0.25) is 0 Å². The van der Waals surface area contributed by atoms with Gasteiger partial charge in [0.25, 0.3) is 5.91 Å². The third-order valence-corrected chi connectivity index (χ3v) is 4.61. The van der Waals surface area contributed by atoms with Crippen LogP contribution in [-0.4, -0.2) is 19.5 Å². The number of fused-ring (bicyclic) bond motifs is 1. The average molecular weight is 376 g/mol. The molecule has 1 unspecified atom stereocenters. The van der Waals surface area contributed by atoms with Crippen LogP contribution < -0.4 is 10.2 Å². The summed E-state index contributed by atoms with van der Waals surface area (Å²) >= 11 is 6.05. The summed E-state index contributed by atoms with van der Waals surface area (Å²) in [6, 6.07) is 14.0. The molecule has 1 heterocycles. The second kappa shape index (κ2) is 7.89. The smallest absolute Gasteiger partial charge is 0.275 e. The van der Waals surface area contributed by atoms with Crippen LogP contribution in [0.25, 0.3) is 11.0 Å². The van der Waals surface area contributed by atoms with Gasteiger partial charge >= 0.3 is 0 Å². The minimum Gasteiger partial charge on any atom is -0.459 e. The number of benzene rings is 2. The number of halogens is 2. The number of carbonyl (C=O) groups excluding carboxylic acids is 1. The van der Waals surface area contributed by atoms with Crippen molar-refractivity contribution in [3.63, 3.8) is 0 Å². The van der Waals surface area contributed by atoms with Gasteiger partial charge in [0.1, 0.15) is 23.7 Å². The highest BCUT2D eigenvalue weighted by molar-refractivity contribution is 6.31. The zero-order valence-electron chi connectivity index (χ0n) is 14.7. The van der Waals surface area contributed by atoms with E-state index in [4.69, 9.17) is 16.0 Å². The number of likely N-dealkylation sites (N-methyl/N-ethyl adjacent to an activating group) is 1. The fraction of sp³-hybridized carbons (Fsp3) is 0.250. The molecular weight excluding hydrogens is 355 g/mol. The van der Waals surface area contributed by atoms with Crippen LogP contribution in [0.1, 0.15) is 24.3 Å². The SMILES string of the molecule is C[C@H](NC(=O)C[NH+](C)Cc1c(F)cccc1Cl)c1cc2ccccc2o1. The van der Waals surface area contributed by atoms with E-state index in [2.05, 4.69) is 5.32 Å². The van der Waals surface area contributed by atoms with Crippen molar-refractivity contribution in [1.29, 1.82) is 0 Å². The number of furan rings is 1. The van der Waals surface area contributed by atoms with Crippen molar-refractivity contribution in [3.8, 4) is 0 Å². The number of carbonyl (C=O) groups is 1. The summed E-state index contributed by atoms with van der Waals surface area (Å²) in [6.45, 7) is 2.41. The summed E-state index contributed by atoms with van der Waals surface area (Å²) in [7, 11) is 1.83. The van der Waals surface area contributed by atoms with Crippen LogP contribution in [0.5, 0.6) is 0 Å². The van der Waals surface area contributed by atoms with Crippen LogP contribution in [0.2, 0.25) is 5.02 Å². The Labute approximate surface area is 156 Å². The van der Waals surface area contributed by atoms with Crippen molar-refractivity contribution in [3.05, 3.63) is 70.7 Å². The fourth-order valence-corrected chi connectivity index (χ4v) is 3.15. The van der Waals surface area contributed by atoms with E-state index in [0.717, 1.165) is 15.9 Å². The van der Waals surface area contributed by atoms with Gasteiger partial charge < -0.3 is 14.6 Å². The van der Waals surface area contributed by atoms with Gasteiger partial charge in [-0.1, -0.05) is 35.9 Å². The minimum absolute atomic E-state index is 0.136. The maximum absolute atomic E-state index is 13.9. The Balaban J connectivity index is 1.59. The van der Waals surface area contributed by atoms with Gasteiger partial charge in [-0.05, 0) is 31.2 Å². The number of amides is 1. The Morgan fingerprint density at radius 2 is 2.04 bits per heavy atom. The second-order valence-electron chi connectivity index (χ2n) is 6.49. The monoisotopic (exact) mass is 375 g/mol. The highest BCUT2D eigenvalue weighted by atomic mass is 35.5. The Kier molecular flexibility index (Phi) is 5.59. The predicted molar refractivity (Wildman–Crippen MR) is 99.6 cm³/mol. The quantitative estimate of drug-likeness (QED) is 0.695. The van der Waals surface area contributed by atoms with Gasteiger partial charge in [0, 0.05) is 5.39 Å². The number of para-hydroxylation sites is 1. The molecule has 6 heteroatoms. The molecule has 26 heavy (non-hydrogen) atoms. The fourth-order valence-electron chi connectivity index (χ4n) is 2.92. The summed E-state index contributed by atoms with van der Waals surface area (Å²) in [5.74, 6) is 0.213. The van der Waals surface area contributed by atoms with E-state index in [-0.39, 0.29) is 24.3 Å². The van der Waals surface area contributed by atoms with Crippen LogP contribution >= 0.6 is 11.6 Å². The minimum atomic E-state index is -0.354. The Bertz CT molecular complexity index is 872. The van der Waals surface area contributed by atoms with E-state index in [9.17, 15) is 9.18 Å². The van der Waals surface area contributed by atoms with Gasteiger partial charge in [-0.3, -0.25) is 4.79 Å². The Morgan fingerprint density at radius 1 is 1.27 bits per heavy atom. The predicted octanol–water partition coefficient (Wildman–Crippen LogP) is 3.12. The van der Waals surface area contributed by atoms with Gasteiger partial charge in [0.05, 0.1) is 23.7 Å². The first-order valence-corrected chi connectivity index (χ1v) is 8.84. The van der Waals surface area contributed by atoms with Crippen molar-refractivity contribution in [2.24, 2.45) is 0 Å². The van der Waals surface area contributed by atoms with E-state index < -0.39 is 0 Å². The van der Waals surface area contributed by atoms with Crippen molar-refractivity contribution >= 4 is 28.5 Å². The molecule has 3 rings (SSSR count). The maximum atomic E-state index is 13.9. The van der Waals surface area contributed by atoms with Crippen molar-refractivity contribution in [2.75, 3.05) is 13.6 Å². The van der Waals surface area contributed by atoms with Gasteiger partial charge in [0.15, 0.2) is 6.54 Å². The summed E-state index contributed by atoms with van der Waals surface area (Å²) in [5, 5.41) is 4.30. The summed E-state index contributed by atoms with van der Waals surface area (Å²) < 4.78 is 19.6. The van der Waals surface area contributed by atoms with Crippen LogP contribution in [-0.2, 0) is 11.3 Å². The number of hydrogen-bond acceptors (Lipinski definition) is 2. The molecule has 0 aliphatic heterocycles. The van der Waals surface area contributed by atoms with E-state index in [1.54, 1.807) is 12.1 Å². The van der Waals surface area contributed by atoms with E-state index in [1.165, 1.54) is 6.07 Å². The molecule has 0 radical (unpaired) electrons. The van der Waals surface area contributed by atoms with Crippen LogP contribution in [0, 0.1) is 5.82 Å². The third-order valence-electron chi connectivity index (χ3n) is 4.25. The van der Waals surface area contributed by atoms with Crippen molar-refractivity contribution in [2.45, 2.75) is 19.5 Å². The van der Waals surface area contributed by atoms with Crippen LogP contribution in [0.4, 0.5) is 4.39 Å². The largest absolute Gasteiger partial charge is 0.459 e. The van der Waals surface area contributed by atoms with Gasteiger partial charge in [-0.2, -0.15) is 0 Å². The number of rotatable bonds is 6. The molecule has 2 atom stereocenters. The second-order valence-corrected chi connectivity index (χ2v) is 6.89. The lowest BCUT2D eigenvalue weighted by atomic mass is 10.2. The van der Waals surface area contributed by atoms with E-state index in [1.807, 2.05) is 44.3 Å². The highest BCUT2D eigenvalue weighted by Crippen LogP contribution is 2.23. The zero-order chi connectivity index (χ0) is 18.7. The van der Waals surface area contributed by atoms with Gasteiger partial charge in [-0.25, -0.2) is 4.39 Å². The molecule has 2 N–H and O–H groups in total. The molecule has 136 valence electrons. The number of quaternary nitrogens is 1. The normalized spacial score (nSPS) is 13.5. The lowest BCUT2D eigenvalue weighted by Gasteiger charge is -2.17. The molecule has 4 nitrogen and oxygen atoms in total. The molecule has 0 aliphatic rings. The lowest BCUT2D eigenvalue weighted by Crippen LogP contribution is -3.09. The topological polar surface area (TPSA) is 46.7 Å². The molecule has 2 aromatic carbocycles. The lowest BCUT2D eigenvalue weighted by molar-refractivity contribution is -0.885. The molecule has 0 saturated heterocycles.